The Hall–Kier alpha value is -2.12. The number of allylic oxidation sites excluding steroid dienone is 1. The van der Waals surface area contributed by atoms with Crippen molar-refractivity contribution in [1.29, 1.82) is 0 Å². The van der Waals surface area contributed by atoms with Crippen LogP contribution < -0.4 is 0 Å². The van der Waals surface area contributed by atoms with E-state index in [0.717, 1.165) is 22.5 Å². The van der Waals surface area contributed by atoms with Gasteiger partial charge in [-0.3, -0.25) is 0 Å². The van der Waals surface area contributed by atoms with Gasteiger partial charge in [-0.15, -0.1) is 0 Å². The highest BCUT2D eigenvalue weighted by molar-refractivity contribution is 5.53. The molecule has 0 aliphatic carbocycles. The van der Waals surface area contributed by atoms with Crippen molar-refractivity contribution in [2.75, 3.05) is 0 Å². The summed E-state index contributed by atoms with van der Waals surface area (Å²) in [4.78, 5) is 8.19. The lowest BCUT2D eigenvalue weighted by Gasteiger charge is -2.21. The first-order chi connectivity index (χ1) is 13.3. The fourth-order valence-corrected chi connectivity index (χ4v) is 3.18. The van der Waals surface area contributed by atoms with Crippen LogP contribution in [0, 0.1) is 13.8 Å². The van der Waals surface area contributed by atoms with E-state index in [9.17, 15) is 15.3 Å². The molecule has 0 radical (unpaired) electrons. The average molecular weight is 386 g/mol. The van der Waals surface area contributed by atoms with Gasteiger partial charge < -0.3 is 20.1 Å². The second kappa shape index (κ2) is 10.4. The first kappa shape index (κ1) is 22.2. The van der Waals surface area contributed by atoms with Crippen molar-refractivity contribution >= 4 is 6.08 Å². The van der Waals surface area contributed by atoms with E-state index in [1.54, 1.807) is 13.3 Å². The molecule has 6 nitrogen and oxygen atoms in total. The number of nitrogens with zero attached hydrogens (tertiary/aromatic N) is 2. The third-order valence-corrected chi connectivity index (χ3v) is 4.82. The van der Waals surface area contributed by atoms with E-state index in [4.69, 9.17) is 4.74 Å². The van der Waals surface area contributed by atoms with Crippen molar-refractivity contribution in [3.8, 4) is 0 Å². The largest absolute Gasteiger partial charge is 0.390 e. The van der Waals surface area contributed by atoms with Gasteiger partial charge in [-0.25, -0.2) is 9.97 Å². The summed E-state index contributed by atoms with van der Waals surface area (Å²) in [5, 5.41) is 29.3. The van der Waals surface area contributed by atoms with Crippen LogP contribution in [-0.4, -0.2) is 55.8 Å². The Morgan fingerprint density at radius 1 is 1.07 bits per heavy atom. The van der Waals surface area contributed by atoms with Crippen molar-refractivity contribution in [2.24, 2.45) is 0 Å². The first-order valence-electron chi connectivity index (χ1n) is 9.49. The number of aromatic nitrogens is 2. The Morgan fingerprint density at radius 3 is 2.18 bits per heavy atom. The van der Waals surface area contributed by atoms with Crippen LogP contribution in [0.5, 0.6) is 0 Å². The molecule has 1 fully saturated rings. The van der Waals surface area contributed by atoms with Crippen LogP contribution in [0.4, 0.5) is 0 Å². The number of aliphatic hydroxyl groups is 3. The zero-order valence-corrected chi connectivity index (χ0v) is 16.9. The van der Waals surface area contributed by atoms with Crippen LogP contribution in [0.25, 0.3) is 6.08 Å². The molecule has 2 heterocycles. The van der Waals surface area contributed by atoms with E-state index in [2.05, 4.69) is 9.97 Å². The molecule has 1 aliphatic rings. The first-order valence-corrected chi connectivity index (χ1v) is 9.49. The molecule has 1 aromatic carbocycles. The summed E-state index contributed by atoms with van der Waals surface area (Å²) in [6.45, 7) is 7.66. The zero-order valence-electron chi connectivity index (χ0n) is 16.9. The van der Waals surface area contributed by atoms with Gasteiger partial charge in [0.2, 0.25) is 0 Å². The smallest absolute Gasteiger partial charge is 0.115 e. The summed E-state index contributed by atoms with van der Waals surface area (Å²) in [7, 11) is 0. The molecule has 0 spiro atoms. The summed E-state index contributed by atoms with van der Waals surface area (Å²) < 4.78 is 5.37. The van der Waals surface area contributed by atoms with Gasteiger partial charge in [0.05, 0.1) is 12.2 Å². The molecule has 3 rings (SSSR count). The van der Waals surface area contributed by atoms with Crippen molar-refractivity contribution in [1.82, 2.24) is 9.97 Å². The standard InChI is InChI=1S/C13H18O4.C9H12N2/c1-8-11(15)12(16)13(17-8)10(14)7-9-5-3-2-4-6-9;1-4-5-9-7(2)10-6-11-8(9)3/h2-6,8,10-16H,7H2,1H3;4-6H,1-3H3/b;5-4-/t8-,10-,11-,12-,13+;/m0./s1. The van der Waals surface area contributed by atoms with Crippen molar-refractivity contribution in [2.45, 2.75) is 64.6 Å². The minimum absolute atomic E-state index is 0.405. The predicted octanol–water partition coefficient (Wildman–Crippen LogP) is 2.23. The van der Waals surface area contributed by atoms with Crippen LogP contribution in [0.15, 0.2) is 42.7 Å². The molecular formula is C22H30N2O4. The second-order valence-electron chi connectivity index (χ2n) is 7.00. The Bertz CT molecular complexity index is 746. The van der Waals surface area contributed by atoms with Crippen LogP contribution in [0.1, 0.15) is 36.4 Å². The predicted molar refractivity (Wildman–Crippen MR) is 109 cm³/mol. The molecule has 152 valence electrons. The molecule has 1 saturated heterocycles. The van der Waals surface area contributed by atoms with Crippen molar-refractivity contribution in [3.05, 3.63) is 65.2 Å². The summed E-state index contributed by atoms with van der Waals surface area (Å²) in [5.74, 6) is 0. The molecule has 6 heteroatoms. The minimum Gasteiger partial charge on any atom is -0.390 e. The molecule has 2 aromatic rings. The van der Waals surface area contributed by atoms with E-state index in [0.29, 0.717) is 6.42 Å². The number of aliphatic hydroxyl groups excluding tert-OH is 3. The highest BCUT2D eigenvalue weighted by atomic mass is 16.6. The Balaban J connectivity index is 0.000000221. The van der Waals surface area contributed by atoms with Gasteiger partial charge >= 0.3 is 0 Å². The number of hydrogen-bond donors (Lipinski definition) is 3. The Labute approximate surface area is 166 Å². The normalized spacial score (nSPS) is 25.4. The van der Waals surface area contributed by atoms with E-state index in [-0.39, 0.29) is 0 Å². The lowest BCUT2D eigenvalue weighted by Crippen LogP contribution is -2.39. The number of ether oxygens (including phenoxy) is 1. The molecule has 5 atom stereocenters. The Morgan fingerprint density at radius 2 is 1.68 bits per heavy atom. The lowest BCUT2D eigenvalue weighted by atomic mass is 9.99. The zero-order chi connectivity index (χ0) is 20.7. The van der Waals surface area contributed by atoms with E-state index >= 15 is 0 Å². The second-order valence-corrected chi connectivity index (χ2v) is 7.00. The van der Waals surface area contributed by atoms with E-state index in [1.165, 1.54) is 0 Å². The summed E-state index contributed by atoms with van der Waals surface area (Å²) in [6, 6.07) is 9.51. The monoisotopic (exact) mass is 386 g/mol. The maximum atomic E-state index is 10.0. The molecule has 0 unspecified atom stereocenters. The molecule has 28 heavy (non-hydrogen) atoms. The fourth-order valence-electron chi connectivity index (χ4n) is 3.18. The van der Waals surface area contributed by atoms with Crippen LogP contribution in [-0.2, 0) is 11.2 Å². The molecule has 0 bridgehead atoms. The molecule has 0 saturated carbocycles. The molecular weight excluding hydrogens is 356 g/mol. The molecule has 3 N–H and O–H groups in total. The number of rotatable bonds is 4. The minimum atomic E-state index is -1.02. The summed E-state index contributed by atoms with van der Waals surface area (Å²) in [6.07, 6.45) is 2.10. The van der Waals surface area contributed by atoms with Crippen molar-refractivity contribution in [3.63, 3.8) is 0 Å². The molecule has 1 aliphatic heterocycles. The Kier molecular flexibility index (Phi) is 8.26. The van der Waals surface area contributed by atoms with Gasteiger partial charge in [-0.1, -0.05) is 42.5 Å². The topological polar surface area (TPSA) is 95.7 Å². The molecule has 0 amide bonds. The van der Waals surface area contributed by atoms with Gasteiger partial charge in [0, 0.05) is 23.4 Å². The number of aryl methyl sites for hydroxylation is 2. The number of benzene rings is 1. The van der Waals surface area contributed by atoms with Gasteiger partial charge in [0.15, 0.2) is 0 Å². The van der Waals surface area contributed by atoms with E-state index in [1.807, 2.05) is 63.3 Å². The summed E-state index contributed by atoms with van der Waals surface area (Å²) in [5.41, 5.74) is 4.19. The van der Waals surface area contributed by atoms with Crippen molar-refractivity contribution < 1.29 is 20.1 Å². The van der Waals surface area contributed by atoms with Gasteiger partial charge in [-0.2, -0.15) is 0 Å². The van der Waals surface area contributed by atoms with Crippen LogP contribution in [0.2, 0.25) is 0 Å². The highest BCUT2D eigenvalue weighted by Crippen LogP contribution is 2.24. The fraction of sp³-hybridized carbons (Fsp3) is 0.455. The maximum absolute atomic E-state index is 10.0. The van der Waals surface area contributed by atoms with Gasteiger partial charge in [0.1, 0.15) is 24.6 Å². The summed E-state index contributed by atoms with van der Waals surface area (Å²) >= 11 is 0. The highest BCUT2D eigenvalue weighted by Gasteiger charge is 2.43. The quantitative estimate of drug-likeness (QED) is 0.746. The SMILES string of the molecule is C/C=C\c1c(C)ncnc1C.C[C@@H]1O[C@H]([C@@H](O)Cc2ccccc2)[C@@H](O)[C@H]1O. The van der Waals surface area contributed by atoms with Crippen LogP contribution >= 0.6 is 0 Å². The average Bonchev–Trinajstić information content (AvgIpc) is 2.94. The number of hydrogen-bond acceptors (Lipinski definition) is 6. The third kappa shape index (κ3) is 5.69. The lowest BCUT2D eigenvalue weighted by molar-refractivity contribution is -0.0613. The maximum Gasteiger partial charge on any atom is 0.115 e. The van der Waals surface area contributed by atoms with Gasteiger partial charge in [0.25, 0.3) is 0 Å². The van der Waals surface area contributed by atoms with E-state index < -0.39 is 30.5 Å². The van der Waals surface area contributed by atoms with Crippen LogP contribution in [0.3, 0.4) is 0 Å². The third-order valence-electron chi connectivity index (χ3n) is 4.82. The van der Waals surface area contributed by atoms with Gasteiger partial charge in [-0.05, 0) is 33.3 Å². The molecule has 1 aromatic heterocycles.